The fourth-order valence-electron chi connectivity index (χ4n) is 2.39. The highest BCUT2D eigenvalue weighted by molar-refractivity contribution is 5.94. The number of aromatic amines is 1. The molecular weight excluding hydrogens is 260 g/mol. The zero-order valence-electron chi connectivity index (χ0n) is 11.4. The summed E-state index contributed by atoms with van der Waals surface area (Å²) < 4.78 is 5.01. The largest absolute Gasteiger partial charge is 0.466 e. The third kappa shape index (κ3) is 3.07. The van der Waals surface area contributed by atoms with Crippen molar-refractivity contribution >= 4 is 18.2 Å². The first-order valence-corrected chi connectivity index (χ1v) is 6.75. The number of likely N-dealkylation sites (tertiary alicyclic amines) is 1. The van der Waals surface area contributed by atoms with Crippen LogP contribution in [0.25, 0.3) is 0 Å². The number of H-pyrrole nitrogens is 1. The fourth-order valence-corrected chi connectivity index (χ4v) is 2.39. The van der Waals surface area contributed by atoms with Crippen LogP contribution in [0.5, 0.6) is 0 Å². The Morgan fingerprint density at radius 1 is 1.55 bits per heavy atom. The number of nitrogens with one attached hydrogen (secondary N) is 1. The van der Waals surface area contributed by atoms with E-state index in [0.29, 0.717) is 37.2 Å². The summed E-state index contributed by atoms with van der Waals surface area (Å²) in [4.78, 5) is 39.1. The smallest absolute Gasteiger partial charge is 0.310 e. The number of hydrogen-bond donors (Lipinski definition) is 1. The summed E-state index contributed by atoms with van der Waals surface area (Å²) in [6.07, 6.45) is 3.70. The van der Waals surface area contributed by atoms with Crippen LogP contribution in [0, 0.1) is 5.92 Å². The van der Waals surface area contributed by atoms with Crippen molar-refractivity contribution < 1.29 is 19.1 Å². The van der Waals surface area contributed by atoms with Crippen LogP contribution in [0.15, 0.2) is 12.3 Å². The second-order valence-corrected chi connectivity index (χ2v) is 4.81. The number of hydrogen-bond acceptors (Lipinski definition) is 4. The van der Waals surface area contributed by atoms with Gasteiger partial charge in [-0.05, 0) is 25.8 Å². The first-order chi connectivity index (χ1) is 9.65. The summed E-state index contributed by atoms with van der Waals surface area (Å²) >= 11 is 0. The maximum absolute atomic E-state index is 12.3. The Labute approximate surface area is 117 Å². The highest BCUT2D eigenvalue weighted by atomic mass is 16.5. The number of piperidine rings is 1. The monoisotopic (exact) mass is 278 g/mol. The van der Waals surface area contributed by atoms with Gasteiger partial charge in [-0.3, -0.25) is 14.4 Å². The van der Waals surface area contributed by atoms with E-state index in [1.54, 1.807) is 11.8 Å². The first-order valence-electron chi connectivity index (χ1n) is 6.75. The highest BCUT2D eigenvalue weighted by Gasteiger charge is 2.30. The molecule has 2 rings (SSSR count). The molecule has 108 valence electrons. The Kier molecular flexibility index (Phi) is 4.55. The molecule has 0 saturated carbocycles. The standard InChI is InChI=1S/C14H18N2O4/c1-2-20-14(19)11-4-3-5-16(8-11)13(18)12-6-10(9-17)7-15-12/h6-7,9,11,15H,2-5,8H2,1H3. The molecule has 6 nitrogen and oxygen atoms in total. The maximum Gasteiger partial charge on any atom is 0.310 e. The van der Waals surface area contributed by atoms with Gasteiger partial charge in [0.15, 0.2) is 6.29 Å². The minimum atomic E-state index is -0.256. The van der Waals surface area contributed by atoms with E-state index in [1.165, 1.54) is 12.3 Å². The fraction of sp³-hybridized carbons (Fsp3) is 0.500. The quantitative estimate of drug-likeness (QED) is 0.664. The normalized spacial score (nSPS) is 18.6. The molecule has 1 atom stereocenters. The van der Waals surface area contributed by atoms with Crippen molar-refractivity contribution in [1.29, 1.82) is 0 Å². The summed E-state index contributed by atoms with van der Waals surface area (Å²) in [7, 11) is 0. The third-order valence-electron chi connectivity index (χ3n) is 3.40. The number of rotatable bonds is 4. The van der Waals surface area contributed by atoms with Gasteiger partial charge in [-0.25, -0.2) is 0 Å². The Bertz CT molecular complexity index is 509. The topological polar surface area (TPSA) is 79.5 Å². The van der Waals surface area contributed by atoms with Crippen LogP contribution in [-0.4, -0.2) is 47.7 Å². The van der Waals surface area contributed by atoms with Gasteiger partial charge in [0.1, 0.15) is 5.69 Å². The number of esters is 1. The molecule has 2 heterocycles. The second kappa shape index (κ2) is 6.36. The molecule has 1 unspecified atom stereocenters. The van der Waals surface area contributed by atoms with E-state index in [2.05, 4.69) is 4.98 Å². The number of ether oxygens (including phenoxy) is 1. The van der Waals surface area contributed by atoms with E-state index in [0.717, 1.165) is 12.8 Å². The van der Waals surface area contributed by atoms with Crippen molar-refractivity contribution in [3.63, 3.8) is 0 Å². The van der Waals surface area contributed by atoms with Crippen LogP contribution in [0.2, 0.25) is 0 Å². The van der Waals surface area contributed by atoms with Gasteiger partial charge in [0.2, 0.25) is 0 Å². The summed E-state index contributed by atoms with van der Waals surface area (Å²) in [5.41, 5.74) is 0.809. The molecule has 20 heavy (non-hydrogen) atoms. The van der Waals surface area contributed by atoms with E-state index in [4.69, 9.17) is 4.74 Å². The third-order valence-corrected chi connectivity index (χ3v) is 3.40. The summed E-state index contributed by atoms with van der Waals surface area (Å²) in [5, 5.41) is 0. The summed E-state index contributed by atoms with van der Waals surface area (Å²) in [6.45, 7) is 3.10. The molecular formula is C14H18N2O4. The molecule has 0 bridgehead atoms. The lowest BCUT2D eigenvalue weighted by atomic mass is 9.98. The summed E-state index contributed by atoms with van der Waals surface area (Å²) in [5.74, 6) is -0.690. The number of carbonyl (C=O) groups is 3. The predicted molar refractivity (Wildman–Crippen MR) is 71.4 cm³/mol. The van der Waals surface area contributed by atoms with Gasteiger partial charge in [0, 0.05) is 24.8 Å². The molecule has 1 N–H and O–H groups in total. The predicted octanol–water partition coefficient (Wildman–Crippen LogP) is 1.24. The molecule has 1 aliphatic rings. The van der Waals surface area contributed by atoms with E-state index in [1.807, 2.05) is 0 Å². The van der Waals surface area contributed by atoms with Crippen LogP contribution in [0.3, 0.4) is 0 Å². The van der Waals surface area contributed by atoms with Crippen molar-refractivity contribution in [2.24, 2.45) is 5.92 Å². The number of carbonyl (C=O) groups excluding carboxylic acids is 3. The lowest BCUT2D eigenvalue weighted by Gasteiger charge is -2.31. The Hall–Kier alpha value is -2.11. The van der Waals surface area contributed by atoms with Gasteiger partial charge in [0.25, 0.3) is 5.91 Å². The number of nitrogens with zero attached hydrogens (tertiary/aromatic N) is 1. The minimum absolute atomic E-state index is 0.188. The lowest BCUT2D eigenvalue weighted by Crippen LogP contribution is -2.42. The molecule has 0 aromatic carbocycles. The number of aromatic nitrogens is 1. The van der Waals surface area contributed by atoms with Crippen molar-refractivity contribution in [2.45, 2.75) is 19.8 Å². The van der Waals surface area contributed by atoms with Crippen LogP contribution < -0.4 is 0 Å². The first kappa shape index (κ1) is 14.3. The number of amides is 1. The molecule has 0 radical (unpaired) electrons. The van der Waals surface area contributed by atoms with Crippen LogP contribution >= 0.6 is 0 Å². The molecule has 1 aromatic heterocycles. The van der Waals surface area contributed by atoms with Crippen LogP contribution in [0.4, 0.5) is 0 Å². The number of aldehydes is 1. The van der Waals surface area contributed by atoms with Gasteiger partial charge in [0.05, 0.1) is 12.5 Å². The van der Waals surface area contributed by atoms with Crippen LogP contribution in [0.1, 0.15) is 40.6 Å². The zero-order valence-corrected chi connectivity index (χ0v) is 11.4. The van der Waals surface area contributed by atoms with Gasteiger partial charge >= 0.3 is 5.97 Å². The molecule has 0 spiro atoms. The molecule has 0 aliphatic carbocycles. The van der Waals surface area contributed by atoms with Crippen LogP contribution in [-0.2, 0) is 9.53 Å². The minimum Gasteiger partial charge on any atom is -0.466 e. The Morgan fingerprint density at radius 3 is 3.00 bits per heavy atom. The second-order valence-electron chi connectivity index (χ2n) is 4.81. The molecule has 1 fully saturated rings. The average molecular weight is 278 g/mol. The lowest BCUT2D eigenvalue weighted by molar-refractivity contribution is -0.149. The van der Waals surface area contributed by atoms with Gasteiger partial charge in [-0.15, -0.1) is 0 Å². The van der Waals surface area contributed by atoms with Gasteiger partial charge in [-0.1, -0.05) is 0 Å². The van der Waals surface area contributed by atoms with Crippen molar-refractivity contribution in [2.75, 3.05) is 19.7 Å². The van der Waals surface area contributed by atoms with E-state index < -0.39 is 0 Å². The van der Waals surface area contributed by atoms with E-state index >= 15 is 0 Å². The zero-order chi connectivity index (χ0) is 14.5. The van der Waals surface area contributed by atoms with E-state index in [9.17, 15) is 14.4 Å². The Balaban J connectivity index is 2.02. The maximum atomic E-state index is 12.3. The van der Waals surface area contributed by atoms with Gasteiger partial charge < -0.3 is 14.6 Å². The SMILES string of the molecule is CCOC(=O)C1CCCN(C(=O)c2cc(C=O)c[nH]2)C1. The average Bonchev–Trinajstić information content (AvgIpc) is 2.96. The van der Waals surface area contributed by atoms with Gasteiger partial charge in [-0.2, -0.15) is 0 Å². The highest BCUT2D eigenvalue weighted by Crippen LogP contribution is 2.19. The molecule has 1 aliphatic heterocycles. The molecule has 1 saturated heterocycles. The van der Waals surface area contributed by atoms with Crippen molar-refractivity contribution in [3.05, 3.63) is 23.5 Å². The van der Waals surface area contributed by atoms with Crippen molar-refractivity contribution in [1.82, 2.24) is 9.88 Å². The summed E-state index contributed by atoms with van der Waals surface area (Å²) in [6, 6.07) is 1.52. The van der Waals surface area contributed by atoms with Crippen molar-refractivity contribution in [3.8, 4) is 0 Å². The Morgan fingerprint density at radius 2 is 2.35 bits per heavy atom. The molecule has 1 aromatic rings. The van der Waals surface area contributed by atoms with E-state index in [-0.39, 0.29) is 17.8 Å². The molecule has 6 heteroatoms. The molecule has 1 amide bonds.